The number of piperidine rings is 1. The number of nitrogens with two attached hydrogens (primary N) is 1. The summed E-state index contributed by atoms with van der Waals surface area (Å²) in [4.78, 5) is 17.7. The molecule has 0 bridgehead atoms. The second kappa shape index (κ2) is 12.2. The summed E-state index contributed by atoms with van der Waals surface area (Å²) >= 11 is 6.06. The van der Waals surface area contributed by atoms with Crippen LogP contribution in [0.15, 0.2) is 53.7 Å². The molecule has 2 aliphatic rings. The van der Waals surface area contributed by atoms with Crippen LogP contribution in [-0.2, 0) is 9.53 Å². The number of halogens is 1. The fourth-order valence-corrected chi connectivity index (χ4v) is 5.07. The molecule has 0 aromatic heterocycles. The highest BCUT2D eigenvalue weighted by Gasteiger charge is 2.27. The van der Waals surface area contributed by atoms with Crippen molar-refractivity contribution in [2.24, 2.45) is 0 Å². The van der Waals surface area contributed by atoms with E-state index in [1.165, 1.54) is 0 Å². The molecule has 2 aromatic carbocycles. The summed E-state index contributed by atoms with van der Waals surface area (Å²) in [5, 5.41) is 22.9. The first kappa shape index (κ1) is 25.9. The van der Waals surface area contributed by atoms with Crippen molar-refractivity contribution in [1.29, 1.82) is 10.7 Å². The van der Waals surface area contributed by atoms with Crippen LogP contribution in [0.3, 0.4) is 0 Å². The lowest BCUT2D eigenvalue weighted by Crippen LogP contribution is -2.75. The van der Waals surface area contributed by atoms with Crippen LogP contribution in [0, 0.1) is 16.7 Å². The average Bonchev–Trinajstić information content (AvgIpc) is 2.89. The number of quaternary nitrogens is 1. The van der Waals surface area contributed by atoms with E-state index in [1.54, 1.807) is 25.1 Å². The number of hydrogen-bond donors (Lipinski definition) is 3. The van der Waals surface area contributed by atoms with Crippen molar-refractivity contribution in [2.75, 3.05) is 49.6 Å². The lowest BCUT2D eigenvalue weighted by Gasteiger charge is -2.41. The van der Waals surface area contributed by atoms with Crippen molar-refractivity contribution < 1.29 is 14.8 Å². The number of nitrogens with one attached hydrogen (secondary N) is 2. The first-order valence-corrected chi connectivity index (χ1v) is 12.6. The van der Waals surface area contributed by atoms with Gasteiger partial charge in [-0.15, -0.1) is 0 Å². The minimum atomic E-state index is -0.399. The summed E-state index contributed by atoms with van der Waals surface area (Å²) in [6.45, 7) is 7.16. The van der Waals surface area contributed by atoms with Gasteiger partial charge >= 0.3 is 0 Å². The van der Waals surface area contributed by atoms with Gasteiger partial charge < -0.3 is 20.4 Å². The maximum Gasteiger partial charge on any atom is 0.262 e. The van der Waals surface area contributed by atoms with Crippen molar-refractivity contribution in [3.8, 4) is 6.07 Å². The minimum Gasteiger partial charge on any atom is -0.379 e. The molecule has 1 amide bonds. The smallest absolute Gasteiger partial charge is 0.262 e. The molecule has 0 spiro atoms. The SMILES string of the molecule is C/C([NH2+]c1cccc(Cl)c1)=C(/C=N)C(=O)Nc1ccc(N2CCC(N3CCOCC3)CC2)c(C#N)c1. The maximum absolute atomic E-state index is 12.9. The van der Waals surface area contributed by atoms with Gasteiger partial charge in [0, 0.05) is 62.1 Å². The Kier molecular flexibility index (Phi) is 8.73. The molecule has 2 heterocycles. The molecular formula is C27H32ClN6O2+. The number of hydrogen-bond acceptors (Lipinski definition) is 6. The van der Waals surface area contributed by atoms with Crippen LogP contribution in [0.5, 0.6) is 0 Å². The number of amides is 1. The van der Waals surface area contributed by atoms with E-state index < -0.39 is 5.91 Å². The zero-order valence-corrected chi connectivity index (χ0v) is 21.2. The van der Waals surface area contributed by atoms with Crippen LogP contribution in [0.25, 0.3) is 0 Å². The van der Waals surface area contributed by atoms with Crippen LogP contribution in [0.4, 0.5) is 17.1 Å². The molecule has 4 rings (SSSR count). The summed E-state index contributed by atoms with van der Waals surface area (Å²) in [7, 11) is 0. The van der Waals surface area contributed by atoms with Crippen LogP contribution >= 0.6 is 11.6 Å². The quantitative estimate of drug-likeness (QED) is 0.303. The topological polar surface area (TPSA) is 109 Å². The molecule has 2 fully saturated rings. The molecule has 2 aliphatic heterocycles. The van der Waals surface area contributed by atoms with Gasteiger partial charge in [0.1, 0.15) is 23.0 Å². The maximum atomic E-state index is 12.9. The van der Waals surface area contributed by atoms with Gasteiger partial charge in [-0.05, 0) is 43.2 Å². The monoisotopic (exact) mass is 507 g/mol. The third-order valence-corrected chi connectivity index (χ3v) is 7.02. The van der Waals surface area contributed by atoms with Crippen LogP contribution < -0.4 is 15.5 Å². The normalized spacial score (nSPS) is 17.8. The van der Waals surface area contributed by atoms with Crippen LogP contribution in [0.2, 0.25) is 5.02 Å². The van der Waals surface area contributed by atoms with Gasteiger partial charge in [0.15, 0.2) is 0 Å². The van der Waals surface area contributed by atoms with E-state index in [-0.39, 0.29) is 5.57 Å². The number of rotatable bonds is 7. The number of nitrogens with zero attached hydrogens (tertiary/aromatic N) is 3. The van der Waals surface area contributed by atoms with Crippen LogP contribution in [0.1, 0.15) is 25.3 Å². The number of morpholine rings is 1. The lowest BCUT2D eigenvalue weighted by atomic mass is 10.0. The van der Waals surface area contributed by atoms with Gasteiger partial charge in [-0.1, -0.05) is 17.7 Å². The van der Waals surface area contributed by atoms with Crippen molar-refractivity contribution in [3.05, 3.63) is 64.3 Å². The van der Waals surface area contributed by atoms with Crippen molar-refractivity contribution in [2.45, 2.75) is 25.8 Å². The number of carbonyl (C=O) groups is 1. The lowest BCUT2D eigenvalue weighted by molar-refractivity contribution is -0.517. The first-order chi connectivity index (χ1) is 17.5. The number of allylic oxidation sites excluding steroid dienone is 1. The molecule has 0 aliphatic carbocycles. The molecule has 188 valence electrons. The van der Waals surface area contributed by atoms with E-state index in [1.807, 2.05) is 29.6 Å². The van der Waals surface area contributed by atoms with Crippen molar-refractivity contribution >= 4 is 40.8 Å². The molecule has 2 saturated heterocycles. The first-order valence-electron chi connectivity index (χ1n) is 12.2. The number of ether oxygens (including phenoxy) is 1. The molecule has 9 heteroatoms. The number of benzene rings is 2. The summed E-state index contributed by atoms with van der Waals surface area (Å²) in [6.07, 6.45) is 3.16. The Hall–Kier alpha value is -3.22. The highest BCUT2D eigenvalue weighted by Crippen LogP contribution is 2.28. The van der Waals surface area contributed by atoms with Crippen LogP contribution in [-0.4, -0.2) is 62.5 Å². The average molecular weight is 508 g/mol. The third kappa shape index (κ3) is 6.31. The summed E-state index contributed by atoms with van der Waals surface area (Å²) in [6, 6.07) is 15.6. The molecule has 0 unspecified atom stereocenters. The Morgan fingerprint density at radius 3 is 2.61 bits per heavy atom. The summed E-state index contributed by atoms with van der Waals surface area (Å²) in [5.74, 6) is -0.399. The number of nitriles is 1. The van der Waals surface area contributed by atoms with Gasteiger partial charge in [0.25, 0.3) is 5.91 Å². The van der Waals surface area contributed by atoms with Crippen molar-refractivity contribution in [1.82, 2.24) is 4.90 Å². The fraction of sp³-hybridized carbons (Fsp3) is 0.370. The zero-order valence-electron chi connectivity index (χ0n) is 20.5. The van der Waals surface area contributed by atoms with Gasteiger partial charge in [-0.2, -0.15) is 5.26 Å². The second-order valence-corrected chi connectivity index (χ2v) is 9.54. The highest BCUT2D eigenvalue weighted by atomic mass is 35.5. The summed E-state index contributed by atoms with van der Waals surface area (Å²) < 4.78 is 5.48. The molecular weight excluding hydrogens is 476 g/mol. The van der Waals surface area contributed by atoms with E-state index in [4.69, 9.17) is 21.7 Å². The third-order valence-electron chi connectivity index (χ3n) is 6.79. The Morgan fingerprint density at radius 1 is 1.19 bits per heavy atom. The molecule has 8 nitrogen and oxygen atoms in total. The van der Waals surface area contributed by atoms with Gasteiger partial charge in [-0.25, -0.2) is 0 Å². The number of carbonyl (C=O) groups excluding carboxylic acids is 1. The highest BCUT2D eigenvalue weighted by molar-refractivity contribution is 6.30. The van der Waals surface area contributed by atoms with E-state index in [0.717, 1.165) is 69.8 Å². The molecule has 0 radical (unpaired) electrons. The molecule has 36 heavy (non-hydrogen) atoms. The zero-order chi connectivity index (χ0) is 25.5. The Bertz CT molecular complexity index is 1180. The standard InChI is InChI=1S/C27H31ClN6O2/c1-19(31-22-4-2-3-21(28)16-22)25(18-30)27(35)32-23-5-6-26(20(15-23)17-29)34-9-7-24(8-10-34)33-11-13-36-14-12-33/h2-6,15-16,18,24,30-31H,7-14H2,1H3,(H,32,35)/p+1/b25-19+,30-18?. The van der Waals surface area contributed by atoms with Gasteiger partial charge in [-0.3, -0.25) is 15.0 Å². The Balaban J connectivity index is 1.42. The largest absolute Gasteiger partial charge is 0.379 e. The number of anilines is 2. The summed E-state index contributed by atoms with van der Waals surface area (Å²) in [5.41, 5.74) is 3.68. The van der Waals surface area contributed by atoms with E-state index in [9.17, 15) is 10.1 Å². The Labute approximate surface area is 217 Å². The van der Waals surface area contributed by atoms with Gasteiger partial charge in [0.05, 0.1) is 24.5 Å². The Morgan fingerprint density at radius 2 is 1.94 bits per heavy atom. The molecule has 4 N–H and O–H groups in total. The predicted octanol–water partition coefficient (Wildman–Crippen LogP) is 3.27. The minimum absolute atomic E-state index is 0.239. The molecule has 2 aromatic rings. The van der Waals surface area contributed by atoms with E-state index in [2.05, 4.69) is 21.2 Å². The van der Waals surface area contributed by atoms with E-state index >= 15 is 0 Å². The van der Waals surface area contributed by atoms with Gasteiger partial charge in [0.2, 0.25) is 0 Å². The molecule has 0 saturated carbocycles. The second-order valence-electron chi connectivity index (χ2n) is 9.10. The van der Waals surface area contributed by atoms with Crippen molar-refractivity contribution in [3.63, 3.8) is 0 Å². The predicted molar refractivity (Wildman–Crippen MR) is 142 cm³/mol. The van der Waals surface area contributed by atoms with E-state index in [0.29, 0.717) is 28.0 Å². The molecule has 0 atom stereocenters. The fourth-order valence-electron chi connectivity index (χ4n) is 4.87.